The molecule has 148 valence electrons. The molecule has 1 aliphatic carbocycles. The van der Waals surface area contributed by atoms with Gasteiger partial charge < -0.3 is 15.0 Å². The third-order valence-corrected chi connectivity index (χ3v) is 5.97. The van der Waals surface area contributed by atoms with Crippen molar-refractivity contribution in [3.8, 4) is 0 Å². The molecule has 1 saturated heterocycles. The van der Waals surface area contributed by atoms with Crippen LogP contribution in [0.1, 0.15) is 44.6 Å². The number of rotatable bonds is 5. The first-order chi connectivity index (χ1) is 12.9. The second-order valence-electron chi connectivity index (χ2n) is 7.40. The molecule has 5 nitrogen and oxygen atoms in total. The molecule has 0 aromatic heterocycles. The summed E-state index contributed by atoms with van der Waals surface area (Å²) in [6, 6.07) is 3.69. The third kappa shape index (κ3) is 3.83. The Morgan fingerprint density at radius 1 is 1.33 bits per heavy atom. The summed E-state index contributed by atoms with van der Waals surface area (Å²) >= 11 is 0. The number of benzene rings is 1. The van der Waals surface area contributed by atoms with Gasteiger partial charge in [0.1, 0.15) is 0 Å². The van der Waals surface area contributed by atoms with Crippen molar-refractivity contribution in [3.63, 3.8) is 0 Å². The molecule has 1 heterocycles. The first-order valence-corrected chi connectivity index (χ1v) is 9.47. The minimum Gasteiger partial charge on any atom is -0.376 e. The number of amides is 2. The minimum absolute atomic E-state index is 0.00923. The van der Waals surface area contributed by atoms with Crippen molar-refractivity contribution in [1.29, 1.82) is 0 Å². The standard InChI is InChI=1S/C20H26F2N2O3/c1-3-17(25)23-14-7-8-20(27-2)9-10-24(16(20)12-14)18(26)11-13-5-4-6-15(21)19(13)22/h4-6,14,16H,3,7-12H2,1-2H3,(H,23,25)/t14-,16+,20-/m1/s1. The van der Waals surface area contributed by atoms with E-state index in [-0.39, 0.29) is 35.9 Å². The van der Waals surface area contributed by atoms with Gasteiger partial charge in [-0.05, 0) is 31.7 Å². The van der Waals surface area contributed by atoms with E-state index < -0.39 is 17.2 Å². The van der Waals surface area contributed by atoms with Gasteiger partial charge in [0.15, 0.2) is 11.6 Å². The van der Waals surface area contributed by atoms with Crippen LogP contribution in [0.5, 0.6) is 0 Å². The third-order valence-electron chi connectivity index (χ3n) is 5.97. The second-order valence-corrected chi connectivity index (χ2v) is 7.40. The number of methoxy groups -OCH3 is 1. The molecule has 2 aliphatic rings. The van der Waals surface area contributed by atoms with E-state index in [1.807, 2.05) is 0 Å². The molecule has 27 heavy (non-hydrogen) atoms. The Hall–Kier alpha value is -2.02. The molecule has 3 rings (SSSR count). The Morgan fingerprint density at radius 2 is 2.11 bits per heavy atom. The van der Waals surface area contributed by atoms with Gasteiger partial charge in [0.05, 0.1) is 18.1 Å². The van der Waals surface area contributed by atoms with Gasteiger partial charge in [-0.1, -0.05) is 19.1 Å². The number of carbonyl (C=O) groups excluding carboxylic acids is 2. The van der Waals surface area contributed by atoms with E-state index in [1.54, 1.807) is 18.9 Å². The van der Waals surface area contributed by atoms with Crippen LogP contribution in [0.4, 0.5) is 8.78 Å². The number of halogens is 2. The van der Waals surface area contributed by atoms with Gasteiger partial charge in [0.2, 0.25) is 11.8 Å². The molecule has 1 aliphatic heterocycles. The highest BCUT2D eigenvalue weighted by molar-refractivity contribution is 5.80. The van der Waals surface area contributed by atoms with E-state index in [2.05, 4.69) is 5.32 Å². The quantitative estimate of drug-likeness (QED) is 0.854. The topological polar surface area (TPSA) is 58.6 Å². The Kier molecular flexibility index (Phi) is 5.79. The van der Waals surface area contributed by atoms with Gasteiger partial charge in [-0.3, -0.25) is 9.59 Å². The lowest BCUT2D eigenvalue weighted by Crippen LogP contribution is -2.56. The fraction of sp³-hybridized carbons (Fsp3) is 0.600. The van der Waals surface area contributed by atoms with Gasteiger partial charge >= 0.3 is 0 Å². The first-order valence-electron chi connectivity index (χ1n) is 9.47. The normalized spacial score (nSPS) is 27.3. The average molecular weight is 380 g/mol. The molecule has 1 saturated carbocycles. The number of ether oxygens (including phenoxy) is 1. The van der Waals surface area contributed by atoms with Crippen LogP contribution in [0.2, 0.25) is 0 Å². The fourth-order valence-electron chi connectivity index (χ4n) is 4.40. The molecular formula is C20H26F2N2O3. The zero-order valence-electron chi connectivity index (χ0n) is 15.8. The van der Waals surface area contributed by atoms with Gasteiger partial charge in [0, 0.05) is 31.7 Å². The largest absolute Gasteiger partial charge is 0.376 e. The maximum absolute atomic E-state index is 14.0. The van der Waals surface area contributed by atoms with Crippen molar-refractivity contribution in [1.82, 2.24) is 10.2 Å². The molecule has 1 N–H and O–H groups in total. The van der Waals surface area contributed by atoms with Crippen molar-refractivity contribution in [2.75, 3.05) is 13.7 Å². The monoisotopic (exact) mass is 380 g/mol. The fourth-order valence-corrected chi connectivity index (χ4v) is 4.40. The molecule has 7 heteroatoms. The lowest BCUT2D eigenvalue weighted by Gasteiger charge is -2.43. The van der Waals surface area contributed by atoms with Crippen LogP contribution in [0.15, 0.2) is 18.2 Å². The van der Waals surface area contributed by atoms with Gasteiger partial charge in [-0.2, -0.15) is 0 Å². The first kappa shape index (κ1) is 19.7. The van der Waals surface area contributed by atoms with Crippen LogP contribution in [-0.2, 0) is 20.7 Å². The van der Waals surface area contributed by atoms with Crippen LogP contribution < -0.4 is 5.32 Å². The molecule has 0 radical (unpaired) electrons. The van der Waals surface area contributed by atoms with Crippen molar-refractivity contribution >= 4 is 11.8 Å². The van der Waals surface area contributed by atoms with Gasteiger partial charge in [0.25, 0.3) is 0 Å². The smallest absolute Gasteiger partial charge is 0.227 e. The lowest BCUT2D eigenvalue weighted by molar-refractivity contribution is -0.137. The molecule has 0 unspecified atom stereocenters. The SMILES string of the molecule is CCC(=O)N[C@@H]1CC[C@@]2(OC)CCN(C(=O)Cc3cccc(F)c3F)[C@H]2C1. The van der Waals surface area contributed by atoms with E-state index in [1.165, 1.54) is 12.1 Å². The summed E-state index contributed by atoms with van der Waals surface area (Å²) < 4.78 is 33.2. The molecule has 3 atom stereocenters. The van der Waals surface area contributed by atoms with Crippen LogP contribution in [0.3, 0.4) is 0 Å². The highest BCUT2D eigenvalue weighted by Crippen LogP contribution is 2.42. The van der Waals surface area contributed by atoms with E-state index in [0.717, 1.165) is 18.9 Å². The van der Waals surface area contributed by atoms with E-state index in [0.29, 0.717) is 25.8 Å². The summed E-state index contributed by atoms with van der Waals surface area (Å²) in [4.78, 5) is 26.3. The second kappa shape index (κ2) is 7.92. The number of fused-ring (bicyclic) bond motifs is 1. The van der Waals surface area contributed by atoms with Crippen molar-refractivity contribution < 1.29 is 23.1 Å². The molecule has 2 fully saturated rings. The van der Waals surface area contributed by atoms with Crippen molar-refractivity contribution in [2.45, 2.75) is 63.1 Å². The predicted molar refractivity (Wildman–Crippen MR) is 96.0 cm³/mol. The summed E-state index contributed by atoms with van der Waals surface area (Å²) in [5, 5.41) is 3.01. The summed E-state index contributed by atoms with van der Waals surface area (Å²) in [6.07, 6.45) is 3.10. The minimum atomic E-state index is -0.972. The Morgan fingerprint density at radius 3 is 2.81 bits per heavy atom. The summed E-state index contributed by atoms with van der Waals surface area (Å²) in [5.41, 5.74) is -0.370. The number of carbonyl (C=O) groups is 2. The highest BCUT2D eigenvalue weighted by atomic mass is 19.2. The molecule has 1 aromatic rings. The summed E-state index contributed by atoms with van der Waals surface area (Å²) in [6.45, 7) is 2.32. The van der Waals surface area contributed by atoms with Crippen LogP contribution in [0.25, 0.3) is 0 Å². The van der Waals surface area contributed by atoms with Crippen molar-refractivity contribution in [2.24, 2.45) is 0 Å². The summed E-state index contributed by atoms with van der Waals surface area (Å²) in [7, 11) is 1.65. The maximum atomic E-state index is 14.0. The Bertz CT molecular complexity index is 727. The number of hydrogen-bond acceptors (Lipinski definition) is 3. The summed E-state index contributed by atoms with van der Waals surface area (Å²) in [5.74, 6) is -2.18. The highest BCUT2D eigenvalue weighted by Gasteiger charge is 2.52. The van der Waals surface area contributed by atoms with Gasteiger partial charge in [-0.15, -0.1) is 0 Å². The Balaban J connectivity index is 1.75. The number of likely N-dealkylation sites (tertiary alicyclic amines) is 1. The maximum Gasteiger partial charge on any atom is 0.227 e. The number of hydrogen-bond donors (Lipinski definition) is 1. The van der Waals surface area contributed by atoms with E-state index in [4.69, 9.17) is 4.74 Å². The molecule has 0 bridgehead atoms. The molecule has 2 amide bonds. The molecular weight excluding hydrogens is 354 g/mol. The van der Waals surface area contributed by atoms with Crippen LogP contribution >= 0.6 is 0 Å². The van der Waals surface area contributed by atoms with Crippen LogP contribution in [-0.4, -0.2) is 48.1 Å². The zero-order chi connectivity index (χ0) is 19.6. The lowest BCUT2D eigenvalue weighted by atomic mass is 9.78. The van der Waals surface area contributed by atoms with E-state index in [9.17, 15) is 18.4 Å². The number of nitrogens with one attached hydrogen (secondary N) is 1. The van der Waals surface area contributed by atoms with Gasteiger partial charge in [-0.25, -0.2) is 8.78 Å². The van der Waals surface area contributed by atoms with E-state index >= 15 is 0 Å². The zero-order valence-corrected chi connectivity index (χ0v) is 15.8. The predicted octanol–water partition coefficient (Wildman–Crippen LogP) is 2.57. The van der Waals surface area contributed by atoms with Crippen LogP contribution in [0, 0.1) is 11.6 Å². The van der Waals surface area contributed by atoms with Crippen molar-refractivity contribution in [3.05, 3.63) is 35.4 Å². The number of nitrogens with zero attached hydrogens (tertiary/aromatic N) is 1. The molecule has 0 spiro atoms. The average Bonchev–Trinajstić information content (AvgIpc) is 3.04. The Labute approximate surface area is 158 Å². The molecule has 1 aromatic carbocycles.